The largest absolute Gasteiger partial charge is 0.247 e. The van der Waals surface area contributed by atoms with Crippen LogP contribution in [0.3, 0.4) is 0 Å². The van der Waals surface area contributed by atoms with E-state index in [4.69, 9.17) is 0 Å². The predicted molar refractivity (Wildman–Crippen MR) is 73.7 cm³/mol. The highest BCUT2D eigenvalue weighted by Crippen LogP contribution is 2.22. The Morgan fingerprint density at radius 1 is 0.812 bits per heavy atom. The van der Waals surface area contributed by atoms with Crippen LogP contribution < -0.4 is 0 Å². The molecule has 0 bridgehead atoms. The minimum atomic E-state index is -0.608. The fraction of sp³-hybridized carbons (Fsp3) is 1.00. The topological polar surface area (TPSA) is 0 Å². The van der Waals surface area contributed by atoms with Crippen molar-refractivity contribution >= 4 is 0 Å². The molecule has 16 heavy (non-hydrogen) atoms. The number of rotatable bonds is 9. The van der Waals surface area contributed by atoms with Gasteiger partial charge in [-0.05, 0) is 25.7 Å². The third kappa shape index (κ3) is 12.0. The van der Waals surface area contributed by atoms with E-state index in [2.05, 4.69) is 13.8 Å². The van der Waals surface area contributed by atoms with E-state index < -0.39 is 6.17 Å². The average molecular weight is 232 g/mol. The van der Waals surface area contributed by atoms with Crippen LogP contribution in [-0.4, -0.2) is 6.17 Å². The quantitative estimate of drug-likeness (QED) is 0.418. The molecule has 1 atom stereocenters. The van der Waals surface area contributed by atoms with Crippen LogP contribution >= 0.6 is 0 Å². The fourth-order valence-electron chi connectivity index (χ4n) is 1.92. The molecular formula is C15H33F. The van der Waals surface area contributed by atoms with Gasteiger partial charge in [0.2, 0.25) is 0 Å². The van der Waals surface area contributed by atoms with Crippen LogP contribution in [0.15, 0.2) is 0 Å². The average Bonchev–Trinajstić information content (AvgIpc) is 2.30. The van der Waals surface area contributed by atoms with E-state index in [9.17, 15) is 4.39 Å². The first-order valence-electron chi connectivity index (χ1n) is 7.36. The van der Waals surface area contributed by atoms with E-state index in [0.29, 0.717) is 5.92 Å². The fourth-order valence-corrected chi connectivity index (χ4v) is 1.92. The summed E-state index contributed by atoms with van der Waals surface area (Å²) >= 11 is 0. The monoisotopic (exact) mass is 232 g/mol. The molecule has 0 aromatic rings. The lowest BCUT2D eigenvalue weighted by Gasteiger charge is -2.17. The summed E-state index contributed by atoms with van der Waals surface area (Å²) in [6.07, 6.45) is 9.00. The number of hydrogen-bond donors (Lipinski definition) is 0. The van der Waals surface area contributed by atoms with Crippen LogP contribution in [0.1, 0.15) is 86.0 Å². The first-order valence-corrected chi connectivity index (χ1v) is 7.36. The maximum Gasteiger partial charge on any atom is 0.100 e. The third-order valence-electron chi connectivity index (χ3n) is 3.01. The van der Waals surface area contributed by atoms with Gasteiger partial charge in [-0.2, -0.15) is 0 Å². The van der Waals surface area contributed by atoms with Crippen molar-refractivity contribution in [1.82, 2.24) is 0 Å². The second kappa shape index (κ2) is 14.9. The molecule has 0 aliphatic carbocycles. The Morgan fingerprint density at radius 3 is 1.44 bits per heavy atom. The zero-order chi connectivity index (χ0) is 12.8. The van der Waals surface area contributed by atoms with E-state index >= 15 is 0 Å². The highest BCUT2D eigenvalue weighted by atomic mass is 19.1. The second-order valence-electron chi connectivity index (χ2n) is 4.43. The van der Waals surface area contributed by atoms with Crippen LogP contribution in [-0.2, 0) is 0 Å². The van der Waals surface area contributed by atoms with Gasteiger partial charge in [0, 0.05) is 0 Å². The molecule has 0 aliphatic heterocycles. The molecule has 0 N–H and O–H groups in total. The first kappa shape index (κ1) is 18.3. The zero-order valence-corrected chi connectivity index (χ0v) is 12.2. The molecule has 1 unspecified atom stereocenters. The van der Waals surface area contributed by atoms with Gasteiger partial charge in [-0.25, -0.2) is 4.39 Å². The maximum absolute atomic E-state index is 13.2. The number of halogens is 1. The molecule has 0 spiro atoms. The molecule has 0 fully saturated rings. The number of hydrogen-bond acceptors (Lipinski definition) is 0. The Morgan fingerprint density at radius 2 is 1.19 bits per heavy atom. The maximum atomic E-state index is 13.2. The normalized spacial score (nSPS) is 12.2. The van der Waals surface area contributed by atoms with Crippen molar-refractivity contribution in [2.75, 3.05) is 0 Å². The van der Waals surface area contributed by atoms with Crippen LogP contribution in [0, 0.1) is 5.92 Å². The minimum Gasteiger partial charge on any atom is -0.247 e. The van der Waals surface area contributed by atoms with Crippen molar-refractivity contribution in [2.45, 2.75) is 92.2 Å². The lowest BCUT2D eigenvalue weighted by molar-refractivity contribution is 0.217. The lowest BCUT2D eigenvalue weighted by Crippen LogP contribution is -2.12. The Labute approximate surface area is 103 Å². The molecule has 0 rings (SSSR count). The molecule has 0 radical (unpaired) electrons. The van der Waals surface area contributed by atoms with Gasteiger partial charge < -0.3 is 0 Å². The van der Waals surface area contributed by atoms with E-state index in [1.165, 1.54) is 38.5 Å². The highest BCUT2D eigenvalue weighted by Gasteiger charge is 2.15. The van der Waals surface area contributed by atoms with Gasteiger partial charge in [0.1, 0.15) is 6.17 Å². The van der Waals surface area contributed by atoms with Crippen molar-refractivity contribution in [3.63, 3.8) is 0 Å². The van der Waals surface area contributed by atoms with E-state index in [1.54, 1.807) is 6.92 Å². The molecule has 0 aromatic heterocycles. The molecule has 0 aliphatic rings. The predicted octanol–water partition coefficient (Wildman–Crippen LogP) is 6.15. The Hall–Kier alpha value is -0.0700. The first-order chi connectivity index (χ1) is 7.72. The van der Waals surface area contributed by atoms with Crippen LogP contribution in [0.5, 0.6) is 0 Å². The van der Waals surface area contributed by atoms with Crippen molar-refractivity contribution < 1.29 is 4.39 Å². The summed E-state index contributed by atoms with van der Waals surface area (Å²) in [5.41, 5.74) is 0. The molecule has 0 heterocycles. The summed E-state index contributed by atoms with van der Waals surface area (Å²) < 4.78 is 13.2. The highest BCUT2D eigenvalue weighted by molar-refractivity contribution is 4.65. The number of alkyl halides is 1. The SMILES string of the molecule is CC.CCCCCC(CCCCC)C(C)F. The summed E-state index contributed by atoms with van der Waals surface area (Å²) in [7, 11) is 0. The summed E-state index contributed by atoms with van der Waals surface area (Å²) in [4.78, 5) is 0. The van der Waals surface area contributed by atoms with Gasteiger partial charge in [-0.15, -0.1) is 0 Å². The lowest BCUT2D eigenvalue weighted by atomic mass is 9.91. The Balaban J connectivity index is 0. The molecule has 1 heteroatoms. The second-order valence-corrected chi connectivity index (χ2v) is 4.43. The summed E-state index contributed by atoms with van der Waals surface area (Å²) in [6, 6.07) is 0. The molecule has 0 aromatic carbocycles. The Bertz CT molecular complexity index is 100. The van der Waals surface area contributed by atoms with Crippen molar-refractivity contribution in [1.29, 1.82) is 0 Å². The molecule has 0 saturated carbocycles. The van der Waals surface area contributed by atoms with Crippen LogP contribution in [0.25, 0.3) is 0 Å². The summed E-state index contributed by atoms with van der Waals surface area (Å²) in [5.74, 6) is 0.327. The third-order valence-corrected chi connectivity index (χ3v) is 3.01. The summed E-state index contributed by atoms with van der Waals surface area (Å²) in [5, 5.41) is 0. The van der Waals surface area contributed by atoms with Gasteiger partial charge in [0.25, 0.3) is 0 Å². The van der Waals surface area contributed by atoms with Crippen molar-refractivity contribution in [3.8, 4) is 0 Å². The van der Waals surface area contributed by atoms with Crippen LogP contribution in [0.4, 0.5) is 4.39 Å². The molecular weight excluding hydrogens is 199 g/mol. The van der Waals surface area contributed by atoms with E-state index in [0.717, 1.165) is 12.8 Å². The van der Waals surface area contributed by atoms with E-state index in [1.807, 2.05) is 13.8 Å². The smallest absolute Gasteiger partial charge is 0.100 e. The minimum absolute atomic E-state index is 0.327. The molecule has 0 saturated heterocycles. The number of unbranched alkanes of at least 4 members (excludes halogenated alkanes) is 4. The zero-order valence-electron chi connectivity index (χ0n) is 12.2. The summed E-state index contributed by atoms with van der Waals surface area (Å²) in [6.45, 7) is 10.1. The molecule has 0 nitrogen and oxygen atoms in total. The van der Waals surface area contributed by atoms with Gasteiger partial charge in [0.15, 0.2) is 0 Å². The van der Waals surface area contributed by atoms with Gasteiger partial charge >= 0.3 is 0 Å². The van der Waals surface area contributed by atoms with Gasteiger partial charge in [0.05, 0.1) is 0 Å². The molecule has 100 valence electrons. The van der Waals surface area contributed by atoms with Gasteiger partial charge in [-0.3, -0.25) is 0 Å². The van der Waals surface area contributed by atoms with E-state index in [-0.39, 0.29) is 0 Å². The van der Waals surface area contributed by atoms with Crippen molar-refractivity contribution in [3.05, 3.63) is 0 Å². The van der Waals surface area contributed by atoms with Gasteiger partial charge in [-0.1, -0.05) is 66.2 Å². The van der Waals surface area contributed by atoms with Crippen LogP contribution in [0.2, 0.25) is 0 Å². The molecule has 0 amide bonds. The van der Waals surface area contributed by atoms with Crippen molar-refractivity contribution in [2.24, 2.45) is 5.92 Å². The Kier molecular flexibility index (Phi) is 17.1. The standard InChI is InChI=1S/C13H27F.C2H6/c1-4-6-8-10-13(12(3)14)11-9-7-5-2;1-2/h12-13H,4-11H2,1-3H3;1-2H3.